The highest BCUT2D eigenvalue weighted by Gasteiger charge is 2.06. The highest BCUT2D eigenvalue weighted by molar-refractivity contribution is 9.10. The second-order valence-corrected chi connectivity index (χ2v) is 5.69. The number of benzene rings is 1. The van der Waals surface area contributed by atoms with Gasteiger partial charge in [-0.2, -0.15) is 5.48 Å². The molecule has 1 N–H and O–H groups in total. The number of nitrogens with one attached hydrogen (secondary N) is 1. The summed E-state index contributed by atoms with van der Waals surface area (Å²) in [6, 6.07) is 8.05. The molecule has 3 nitrogen and oxygen atoms in total. The molecule has 0 saturated heterocycles. The number of para-hydroxylation sites is 1. The number of halogens is 1. The van der Waals surface area contributed by atoms with Gasteiger partial charge in [0, 0.05) is 18.1 Å². The maximum absolute atomic E-state index is 5.35. The first-order chi connectivity index (χ1) is 8.15. The summed E-state index contributed by atoms with van der Waals surface area (Å²) in [5.74, 6) is 0.629. The molecular weight excluding hydrogens is 300 g/mol. The summed E-state index contributed by atoms with van der Waals surface area (Å²) in [6.07, 6.45) is 1.15. The van der Waals surface area contributed by atoms with Crippen molar-refractivity contribution in [3.63, 3.8) is 0 Å². The number of rotatable bonds is 7. The molecule has 17 heavy (non-hydrogen) atoms. The molecule has 1 rings (SSSR count). The van der Waals surface area contributed by atoms with Gasteiger partial charge in [-0.3, -0.25) is 4.31 Å². The highest BCUT2D eigenvalue weighted by Crippen LogP contribution is 2.28. The Morgan fingerprint density at radius 1 is 1.47 bits per heavy atom. The van der Waals surface area contributed by atoms with Crippen LogP contribution in [0.5, 0.6) is 0 Å². The van der Waals surface area contributed by atoms with E-state index in [-0.39, 0.29) is 0 Å². The van der Waals surface area contributed by atoms with E-state index in [1.807, 2.05) is 35.6 Å². The zero-order chi connectivity index (χ0) is 12.7. The molecule has 0 aliphatic rings. The van der Waals surface area contributed by atoms with Gasteiger partial charge in [0.1, 0.15) is 12.2 Å². The normalized spacial score (nSPS) is 12.5. The maximum Gasteiger partial charge on any atom is 0.135 e. The van der Waals surface area contributed by atoms with Crippen LogP contribution in [0.1, 0.15) is 20.3 Å². The van der Waals surface area contributed by atoms with Gasteiger partial charge in [0.25, 0.3) is 0 Å². The number of hydroxylamine groups is 1. The first-order valence-electron chi connectivity index (χ1n) is 5.70. The van der Waals surface area contributed by atoms with Crippen LogP contribution in [0.2, 0.25) is 0 Å². The summed E-state index contributed by atoms with van der Waals surface area (Å²) >= 11 is 4.80. The average molecular weight is 319 g/mol. The summed E-state index contributed by atoms with van der Waals surface area (Å²) in [7, 11) is 1.97. The van der Waals surface area contributed by atoms with E-state index in [1.165, 1.54) is 12.2 Å². The van der Waals surface area contributed by atoms with Crippen LogP contribution >= 0.6 is 28.2 Å². The van der Waals surface area contributed by atoms with E-state index in [9.17, 15) is 0 Å². The van der Waals surface area contributed by atoms with Gasteiger partial charge >= 0.3 is 0 Å². The lowest BCUT2D eigenvalue weighted by Gasteiger charge is -2.18. The predicted octanol–water partition coefficient (Wildman–Crippen LogP) is 4.02. The van der Waals surface area contributed by atoms with Crippen LogP contribution in [0.4, 0.5) is 5.69 Å². The van der Waals surface area contributed by atoms with Crippen molar-refractivity contribution >= 4 is 33.8 Å². The minimum Gasteiger partial charge on any atom is -0.294 e. The van der Waals surface area contributed by atoms with Crippen molar-refractivity contribution in [3.8, 4) is 0 Å². The second-order valence-electron chi connectivity index (χ2n) is 3.97. The third-order valence-corrected chi connectivity index (χ3v) is 3.81. The van der Waals surface area contributed by atoms with Crippen molar-refractivity contribution in [1.29, 1.82) is 0 Å². The van der Waals surface area contributed by atoms with Crippen LogP contribution in [-0.4, -0.2) is 13.6 Å². The Balaban J connectivity index is 2.30. The lowest BCUT2D eigenvalue weighted by atomic mass is 10.1. The van der Waals surface area contributed by atoms with Gasteiger partial charge in [-0.15, -0.1) is 0 Å². The molecule has 0 aliphatic carbocycles. The summed E-state index contributed by atoms with van der Waals surface area (Å²) in [6.45, 7) is 5.23. The summed E-state index contributed by atoms with van der Waals surface area (Å²) in [5, 5.41) is 0. The molecule has 0 amide bonds. The van der Waals surface area contributed by atoms with Crippen molar-refractivity contribution < 1.29 is 4.28 Å². The van der Waals surface area contributed by atoms with E-state index >= 15 is 0 Å². The van der Waals surface area contributed by atoms with Gasteiger partial charge in [-0.05, 0) is 34.0 Å². The van der Waals surface area contributed by atoms with Gasteiger partial charge in [-0.1, -0.05) is 32.4 Å². The second kappa shape index (κ2) is 7.97. The van der Waals surface area contributed by atoms with E-state index < -0.39 is 0 Å². The summed E-state index contributed by atoms with van der Waals surface area (Å²) in [4.78, 5) is 0. The van der Waals surface area contributed by atoms with E-state index in [1.54, 1.807) is 0 Å². The minimum absolute atomic E-state index is 0.629. The Labute approximate surface area is 116 Å². The van der Waals surface area contributed by atoms with Gasteiger partial charge < -0.3 is 0 Å². The third-order valence-electron chi connectivity index (χ3n) is 2.53. The van der Waals surface area contributed by atoms with Gasteiger partial charge in [0.05, 0.1) is 5.69 Å². The van der Waals surface area contributed by atoms with Crippen molar-refractivity contribution in [2.75, 3.05) is 17.9 Å². The van der Waals surface area contributed by atoms with E-state index in [0.29, 0.717) is 5.92 Å². The Hall–Kier alpha value is -0.230. The third kappa shape index (κ3) is 5.29. The zero-order valence-corrected chi connectivity index (χ0v) is 12.8. The molecule has 0 saturated carbocycles. The molecule has 96 valence electrons. The van der Waals surface area contributed by atoms with Gasteiger partial charge in [-0.25, -0.2) is 4.28 Å². The largest absolute Gasteiger partial charge is 0.294 e. The predicted molar refractivity (Wildman–Crippen MR) is 78.7 cm³/mol. The fourth-order valence-electron chi connectivity index (χ4n) is 1.15. The maximum atomic E-state index is 5.35. The zero-order valence-electron chi connectivity index (χ0n) is 10.4. The Kier molecular flexibility index (Phi) is 6.96. The number of anilines is 1. The molecule has 1 atom stereocenters. The van der Waals surface area contributed by atoms with Crippen molar-refractivity contribution in [2.45, 2.75) is 20.3 Å². The molecule has 0 spiro atoms. The number of hydrogen-bond donors (Lipinski definition) is 1. The van der Waals surface area contributed by atoms with E-state index in [0.717, 1.165) is 23.1 Å². The van der Waals surface area contributed by atoms with Crippen LogP contribution in [0.3, 0.4) is 0 Å². The first kappa shape index (κ1) is 14.8. The van der Waals surface area contributed by atoms with Gasteiger partial charge in [0.15, 0.2) is 0 Å². The minimum atomic E-state index is 0.629. The Bertz CT molecular complexity index is 338. The summed E-state index contributed by atoms with van der Waals surface area (Å²) in [5.41, 5.74) is 4.05. The molecule has 0 fully saturated rings. The fraction of sp³-hybridized carbons (Fsp3) is 0.500. The van der Waals surface area contributed by atoms with Crippen LogP contribution in [0.25, 0.3) is 0 Å². The van der Waals surface area contributed by atoms with Crippen molar-refractivity contribution in [3.05, 3.63) is 28.7 Å². The summed E-state index contributed by atoms with van der Waals surface area (Å²) < 4.78 is 8.37. The van der Waals surface area contributed by atoms with Crippen LogP contribution in [0.15, 0.2) is 28.7 Å². The molecule has 0 bridgehead atoms. The molecule has 5 heteroatoms. The molecular formula is C12H19BrN2OS. The van der Waals surface area contributed by atoms with E-state index in [2.05, 4.69) is 35.3 Å². The topological polar surface area (TPSA) is 24.5 Å². The molecule has 1 aromatic rings. The van der Waals surface area contributed by atoms with Crippen LogP contribution in [-0.2, 0) is 4.28 Å². The monoisotopic (exact) mass is 318 g/mol. The molecule has 0 radical (unpaired) electrons. The number of hydrogen-bond acceptors (Lipinski definition) is 4. The molecule has 0 heterocycles. The van der Waals surface area contributed by atoms with E-state index in [4.69, 9.17) is 4.28 Å². The lowest BCUT2D eigenvalue weighted by molar-refractivity contribution is 0.216. The number of nitrogens with zero attached hydrogens (tertiary/aromatic N) is 1. The SMILES string of the molecule is CCC(C)CNOSN(C)c1ccccc1Br. The van der Waals surface area contributed by atoms with Crippen molar-refractivity contribution in [2.24, 2.45) is 5.92 Å². The standard InChI is InChI=1S/C12H19BrN2OS/c1-4-10(2)9-14-16-17-15(3)12-8-6-5-7-11(12)13/h5-8,10,14H,4,9H2,1-3H3. The fourth-order valence-corrected chi connectivity index (χ4v) is 2.29. The molecule has 0 aliphatic heterocycles. The lowest BCUT2D eigenvalue weighted by Crippen LogP contribution is -2.21. The highest BCUT2D eigenvalue weighted by atomic mass is 79.9. The smallest absolute Gasteiger partial charge is 0.135 e. The Morgan fingerprint density at radius 3 is 2.82 bits per heavy atom. The quantitative estimate of drug-likeness (QED) is 0.355. The molecule has 1 aromatic carbocycles. The van der Waals surface area contributed by atoms with Crippen molar-refractivity contribution in [1.82, 2.24) is 5.48 Å². The van der Waals surface area contributed by atoms with Gasteiger partial charge in [0.2, 0.25) is 0 Å². The molecule has 1 unspecified atom stereocenters. The van der Waals surface area contributed by atoms with Crippen LogP contribution < -0.4 is 9.79 Å². The average Bonchev–Trinajstić information content (AvgIpc) is 2.34. The van der Waals surface area contributed by atoms with Crippen LogP contribution in [0, 0.1) is 5.92 Å². The first-order valence-corrected chi connectivity index (χ1v) is 7.19. The molecule has 0 aromatic heterocycles. The Morgan fingerprint density at radius 2 is 2.18 bits per heavy atom.